The van der Waals surface area contributed by atoms with Gasteiger partial charge in [0.1, 0.15) is 0 Å². The van der Waals surface area contributed by atoms with Crippen molar-refractivity contribution in [2.24, 2.45) is 0 Å². The molecule has 0 aromatic heterocycles. The van der Waals surface area contributed by atoms with E-state index >= 15 is 0 Å². The number of hydrogen-bond donors (Lipinski definition) is 2. The average molecular weight is 187 g/mol. The third-order valence-corrected chi connectivity index (χ3v) is 2.48. The van der Waals surface area contributed by atoms with Crippen LogP contribution in [0.25, 0.3) is 0 Å². The van der Waals surface area contributed by atoms with E-state index in [4.69, 9.17) is 5.11 Å². The molecule has 1 saturated heterocycles. The Morgan fingerprint density at radius 2 is 2.31 bits per heavy atom. The molecular weight excluding hydrogens is 170 g/mol. The third-order valence-electron chi connectivity index (χ3n) is 2.48. The molecule has 2 atom stereocenters. The molecule has 0 aromatic rings. The second-order valence-electron chi connectivity index (χ2n) is 3.44. The lowest BCUT2D eigenvalue weighted by molar-refractivity contribution is -0.133. The van der Waals surface area contributed by atoms with Crippen LogP contribution in [-0.4, -0.2) is 46.3 Å². The summed E-state index contributed by atoms with van der Waals surface area (Å²) in [6.07, 6.45) is 1.35. The summed E-state index contributed by atoms with van der Waals surface area (Å²) in [5.74, 6) is 0.0399. The summed E-state index contributed by atoms with van der Waals surface area (Å²) in [5, 5.41) is 18.4. The molecule has 1 aliphatic rings. The molecule has 0 radical (unpaired) electrons. The fourth-order valence-corrected chi connectivity index (χ4v) is 1.72. The smallest absolute Gasteiger partial charge is 0.222 e. The van der Waals surface area contributed by atoms with E-state index in [0.717, 1.165) is 6.42 Å². The summed E-state index contributed by atoms with van der Waals surface area (Å²) in [7, 11) is 0. The van der Waals surface area contributed by atoms with Crippen molar-refractivity contribution >= 4 is 5.91 Å². The first kappa shape index (κ1) is 10.5. The van der Waals surface area contributed by atoms with E-state index in [1.807, 2.05) is 6.92 Å². The first-order chi connectivity index (χ1) is 6.20. The molecule has 4 nitrogen and oxygen atoms in total. The number of amides is 1. The lowest BCUT2D eigenvalue weighted by atomic mass is 10.2. The Labute approximate surface area is 78.2 Å². The number of carbonyl (C=O) groups excluding carboxylic acids is 1. The van der Waals surface area contributed by atoms with Crippen molar-refractivity contribution in [3.63, 3.8) is 0 Å². The molecule has 0 spiro atoms. The highest BCUT2D eigenvalue weighted by atomic mass is 16.3. The van der Waals surface area contributed by atoms with Crippen LogP contribution in [-0.2, 0) is 4.79 Å². The average Bonchev–Trinajstić information content (AvgIpc) is 2.47. The molecule has 1 amide bonds. The van der Waals surface area contributed by atoms with Gasteiger partial charge in [0.15, 0.2) is 0 Å². The van der Waals surface area contributed by atoms with E-state index < -0.39 is 6.10 Å². The number of likely N-dealkylation sites (tertiary alicyclic amines) is 1. The minimum absolute atomic E-state index is 0.0399. The second-order valence-corrected chi connectivity index (χ2v) is 3.44. The minimum atomic E-state index is -0.550. The van der Waals surface area contributed by atoms with Crippen molar-refractivity contribution in [1.29, 1.82) is 0 Å². The number of carbonyl (C=O) groups is 1. The molecular formula is C9H17NO3. The molecule has 0 aliphatic carbocycles. The zero-order valence-electron chi connectivity index (χ0n) is 7.94. The number of rotatable bonds is 3. The van der Waals surface area contributed by atoms with Crippen LogP contribution in [0.15, 0.2) is 0 Å². The van der Waals surface area contributed by atoms with Crippen LogP contribution in [0.4, 0.5) is 0 Å². The van der Waals surface area contributed by atoms with Gasteiger partial charge in [0, 0.05) is 13.0 Å². The quantitative estimate of drug-likeness (QED) is 0.640. The van der Waals surface area contributed by atoms with Gasteiger partial charge in [-0.25, -0.2) is 0 Å². The highest BCUT2D eigenvalue weighted by Gasteiger charge is 2.34. The van der Waals surface area contributed by atoms with Gasteiger partial charge in [0.05, 0.1) is 18.8 Å². The molecule has 0 bridgehead atoms. The van der Waals surface area contributed by atoms with Gasteiger partial charge in [-0.1, -0.05) is 6.92 Å². The highest BCUT2D eigenvalue weighted by Crippen LogP contribution is 2.18. The maximum absolute atomic E-state index is 11.5. The van der Waals surface area contributed by atoms with Gasteiger partial charge in [0.2, 0.25) is 5.91 Å². The zero-order chi connectivity index (χ0) is 9.84. The standard InChI is InChI=1S/C9H17NO3/c1-2-3-9(13)10-5-4-8(12)7(10)6-11/h7-8,11-12H,2-6H2,1H3/t7-,8-/m0/s1. The molecule has 0 aromatic carbocycles. The molecule has 4 heteroatoms. The minimum Gasteiger partial charge on any atom is -0.394 e. The Balaban J connectivity index is 2.54. The fraction of sp³-hybridized carbons (Fsp3) is 0.889. The summed E-state index contributed by atoms with van der Waals surface area (Å²) in [4.78, 5) is 13.1. The van der Waals surface area contributed by atoms with Gasteiger partial charge in [-0.05, 0) is 12.8 Å². The largest absolute Gasteiger partial charge is 0.394 e. The predicted molar refractivity (Wildman–Crippen MR) is 48.1 cm³/mol. The van der Waals surface area contributed by atoms with Crippen LogP contribution >= 0.6 is 0 Å². The van der Waals surface area contributed by atoms with Gasteiger partial charge in [-0.3, -0.25) is 4.79 Å². The second kappa shape index (κ2) is 4.58. The molecule has 1 aliphatic heterocycles. The van der Waals surface area contributed by atoms with Crippen LogP contribution in [0.5, 0.6) is 0 Å². The molecule has 1 rings (SSSR count). The van der Waals surface area contributed by atoms with Crippen molar-refractivity contribution in [1.82, 2.24) is 4.90 Å². The molecule has 0 unspecified atom stereocenters. The van der Waals surface area contributed by atoms with E-state index in [9.17, 15) is 9.90 Å². The summed E-state index contributed by atoms with van der Waals surface area (Å²) in [6.45, 7) is 2.38. The van der Waals surface area contributed by atoms with E-state index in [1.54, 1.807) is 4.90 Å². The molecule has 2 N–H and O–H groups in total. The Morgan fingerprint density at radius 1 is 1.62 bits per heavy atom. The highest BCUT2D eigenvalue weighted by molar-refractivity contribution is 5.76. The number of aliphatic hydroxyl groups is 2. The Bertz CT molecular complexity index is 184. The Hall–Kier alpha value is -0.610. The first-order valence-electron chi connectivity index (χ1n) is 4.79. The maximum atomic E-state index is 11.5. The number of aliphatic hydroxyl groups excluding tert-OH is 2. The topological polar surface area (TPSA) is 60.8 Å². The van der Waals surface area contributed by atoms with E-state index in [0.29, 0.717) is 19.4 Å². The normalized spacial score (nSPS) is 28.1. The van der Waals surface area contributed by atoms with Gasteiger partial charge in [-0.2, -0.15) is 0 Å². The third kappa shape index (κ3) is 2.19. The van der Waals surface area contributed by atoms with Crippen LogP contribution in [0.2, 0.25) is 0 Å². The Morgan fingerprint density at radius 3 is 2.85 bits per heavy atom. The van der Waals surface area contributed by atoms with Gasteiger partial charge < -0.3 is 15.1 Å². The van der Waals surface area contributed by atoms with Crippen molar-refractivity contribution in [2.45, 2.75) is 38.3 Å². The molecule has 1 heterocycles. The van der Waals surface area contributed by atoms with E-state index in [1.165, 1.54) is 0 Å². The van der Waals surface area contributed by atoms with E-state index in [2.05, 4.69) is 0 Å². The lowest BCUT2D eigenvalue weighted by Gasteiger charge is -2.24. The van der Waals surface area contributed by atoms with Crippen LogP contribution in [0, 0.1) is 0 Å². The van der Waals surface area contributed by atoms with Gasteiger partial charge >= 0.3 is 0 Å². The van der Waals surface area contributed by atoms with Crippen molar-refractivity contribution in [2.75, 3.05) is 13.2 Å². The fourth-order valence-electron chi connectivity index (χ4n) is 1.72. The summed E-state index contributed by atoms with van der Waals surface area (Å²) in [5.41, 5.74) is 0. The summed E-state index contributed by atoms with van der Waals surface area (Å²) >= 11 is 0. The first-order valence-corrected chi connectivity index (χ1v) is 4.79. The summed E-state index contributed by atoms with van der Waals surface area (Å²) < 4.78 is 0. The summed E-state index contributed by atoms with van der Waals surface area (Å²) in [6, 6.07) is -0.376. The van der Waals surface area contributed by atoms with Gasteiger partial charge in [0.25, 0.3) is 0 Å². The zero-order valence-corrected chi connectivity index (χ0v) is 7.94. The maximum Gasteiger partial charge on any atom is 0.222 e. The van der Waals surface area contributed by atoms with Gasteiger partial charge in [-0.15, -0.1) is 0 Å². The van der Waals surface area contributed by atoms with Crippen LogP contribution in [0.3, 0.4) is 0 Å². The Kier molecular flexibility index (Phi) is 3.69. The molecule has 0 saturated carbocycles. The van der Waals surface area contributed by atoms with Crippen LogP contribution in [0.1, 0.15) is 26.2 Å². The van der Waals surface area contributed by atoms with Crippen molar-refractivity contribution in [3.05, 3.63) is 0 Å². The monoisotopic (exact) mass is 187 g/mol. The molecule has 76 valence electrons. The van der Waals surface area contributed by atoms with Crippen molar-refractivity contribution in [3.8, 4) is 0 Å². The number of nitrogens with zero attached hydrogens (tertiary/aromatic N) is 1. The van der Waals surface area contributed by atoms with E-state index in [-0.39, 0.29) is 18.6 Å². The van der Waals surface area contributed by atoms with Crippen molar-refractivity contribution < 1.29 is 15.0 Å². The molecule has 1 fully saturated rings. The SMILES string of the molecule is CCCC(=O)N1CC[C@H](O)[C@@H]1CO. The van der Waals surface area contributed by atoms with Crippen LogP contribution < -0.4 is 0 Å². The molecule has 13 heavy (non-hydrogen) atoms. The predicted octanol–water partition coefficient (Wildman–Crippen LogP) is -0.259. The number of hydrogen-bond acceptors (Lipinski definition) is 3. The lowest BCUT2D eigenvalue weighted by Crippen LogP contribution is -2.41.